The summed E-state index contributed by atoms with van der Waals surface area (Å²) in [4.78, 5) is 2.38. The van der Waals surface area contributed by atoms with Crippen molar-refractivity contribution in [3.63, 3.8) is 0 Å². The van der Waals surface area contributed by atoms with Crippen molar-refractivity contribution in [3.05, 3.63) is 29.8 Å². The number of nitrogens with zero attached hydrogens (tertiary/aromatic N) is 1. The van der Waals surface area contributed by atoms with Crippen LogP contribution in [0.1, 0.15) is 45.7 Å². The molecule has 0 aliphatic heterocycles. The Labute approximate surface area is 124 Å². The van der Waals surface area contributed by atoms with E-state index in [9.17, 15) is 0 Å². The summed E-state index contributed by atoms with van der Waals surface area (Å²) in [5.41, 5.74) is 7.57. The third kappa shape index (κ3) is 4.50. The third-order valence-electron chi connectivity index (χ3n) is 4.17. The molecule has 3 atom stereocenters. The van der Waals surface area contributed by atoms with Gasteiger partial charge in [0.25, 0.3) is 0 Å². The van der Waals surface area contributed by atoms with E-state index < -0.39 is 0 Å². The minimum Gasteiger partial charge on any atom is -0.497 e. The summed E-state index contributed by atoms with van der Waals surface area (Å²) in [7, 11) is 3.85. The second kappa shape index (κ2) is 7.65. The van der Waals surface area contributed by atoms with Gasteiger partial charge in [-0.15, -0.1) is 0 Å². The molecule has 3 nitrogen and oxygen atoms in total. The number of ether oxygens (including phenoxy) is 1. The number of rotatable bonds is 7. The molecule has 0 heterocycles. The predicted molar refractivity (Wildman–Crippen MR) is 86.1 cm³/mol. The molecular weight excluding hydrogens is 248 g/mol. The van der Waals surface area contributed by atoms with Crippen molar-refractivity contribution in [2.24, 2.45) is 11.7 Å². The van der Waals surface area contributed by atoms with Gasteiger partial charge in [0.05, 0.1) is 7.11 Å². The molecule has 20 heavy (non-hydrogen) atoms. The molecule has 0 aliphatic rings. The zero-order valence-corrected chi connectivity index (χ0v) is 13.8. The van der Waals surface area contributed by atoms with Crippen LogP contribution in [0.5, 0.6) is 5.75 Å². The van der Waals surface area contributed by atoms with Crippen molar-refractivity contribution in [2.45, 2.75) is 52.2 Å². The topological polar surface area (TPSA) is 38.5 Å². The zero-order chi connectivity index (χ0) is 15.3. The SMILES string of the molecule is COc1ccc(C(N)C(C)N(C)C(C)CC(C)C)cc1. The monoisotopic (exact) mass is 278 g/mol. The zero-order valence-electron chi connectivity index (χ0n) is 13.8. The Hall–Kier alpha value is -1.06. The molecule has 0 saturated heterocycles. The van der Waals surface area contributed by atoms with Crippen molar-refractivity contribution < 1.29 is 4.74 Å². The van der Waals surface area contributed by atoms with Gasteiger partial charge < -0.3 is 10.5 Å². The van der Waals surface area contributed by atoms with Crippen molar-refractivity contribution in [3.8, 4) is 5.75 Å². The summed E-state index contributed by atoms with van der Waals surface area (Å²) < 4.78 is 5.19. The lowest BCUT2D eigenvalue weighted by Gasteiger charge is -2.35. The fourth-order valence-corrected chi connectivity index (χ4v) is 2.61. The van der Waals surface area contributed by atoms with Crippen LogP contribution < -0.4 is 10.5 Å². The van der Waals surface area contributed by atoms with E-state index in [1.807, 2.05) is 12.1 Å². The summed E-state index contributed by atoms with van der Waals surface area (Å²) in [6, 6.07) is 8.91. The number of benzene rings is 1. The van der Waals surface area contributed by atoms with Gasteiger partial charge >= 0.3 is 0 Å². The van der Waals surface area contributed by atoms with Crippen LogP contribution in [0.25, 0.3) is 0 Å². The molecular formula is C17H30N2O. The highest BCUT2D eigenvalue weighted by atomic mass is 16.5. The highest BCUT2D eigenvalue weighted by Crippen LogP contribution is 2.23. The van der Waals surface area contributed by atoms with E-state index in [4.69, 9.17) is 10.5 Å². The molecule has 0 radical (unpaired) electrons. The maximum Gasteiger partial charge on any atom is 0.118 e. The molecule has 0 aliphatic carbocycles. The molecule has 3 heteroatoms. The van der Waals surface area contributed by atoms with Gasteiger partial charge in [0.15, 0.2) is 0 Å². The van der Waals surface area contributed by atoms with Gasteiger partial charge in [-0.25, -0.2) is 0 Å². The molecule has 0 amide bonds. The summed E-state index contributed by atoms with van der Waals surface area (Å²) >= 11 is 0. The van der Waals surface area contributed by atoms with Crippen LogP contribution in [0.4, 0.5) is 0 Å². The van der Waals surface area contributed by atoms with Crippen LogP contribution >= 0.6 is 0 Å². The van der Waals surface area contributed by atoms with Crippen LogP contribution in [0.2, 0.25) is 0 Å². The molecule has 114 valence electrons. The van der Waals surface area contributed by atoms with Gasteiger partial charge in [-0.1, -0.05) is 26.0 Å². The number of nitrogens with two attached hydrogens (primary N) is 1. The Bertz CT molecular complexity index is 388. The van der Waals surface area contributed by atoms with E-state index in [0.717, 1.165) is 11.3 Å². The first kappa shape index (κ1) is 17.0. The third-order valence-corrected chi connectivity index (χ3v) is 4.17. The molecule has 1 aromatic rings. The summed E-state index contributed by atoms with van der Waals surface area (Å²) in [5.74, 6) is 1.58. The van der Waals surface area contributed by atoms with E-state index in [2.05, 4.69) is 51.8 Å². The Morgan fingerprint density at radius 3 is 2.10 bits per heavy atom. The Morgan fingerprint density at radius 1 is 1.10 bits per heavy atom. The molecule has 1 rings (SSSR count). The maximum absolute atomic E-state index is 6.42. The number of hydrogen-bond acceptors (Lipinski definition) is 3. The first-order chi connectivity index (χ1) is 9.36. The fourth-order valence-electron chi connectivity index (χ4n) is 2.61. The Morgan fingerprint density at radius 2 is 1.65 bits per heavy atom. The van der Waals surface area contributed by atoms with Crippen molar-refractivity contribution in [1.29, 1.82) is 0 Å². The van der Waals surface area contributed by atoms with Crippen LogP contribution in [0.3, 0.4) is 0 Å². The Kier molecular flexibility index (Phi) is 6.50. The van der Waals surface area contributed by atoms with E-state index in [1.54, 1.807) is 7.11 Å². The van der Waals surface area contributed by atoms with E-state index in [0.29, 0.717) is 18.0 Å². The first-order valence-electron chi connectivity index (χ1n) is 7.48. The maximum atomic E-state index is 6.42. The smallest absolute Gasteiger partial charge is 0.118 e. The molecule has 2 N–H and O–H groups in total. The Balaban J connectivity index is 2.71. The van der Waals surface area contributed by atoms with Crippen molar-refractivity contribution in [1.82, 2.24) is 4.90 Å². The molecule has 0 aromatic heterocycles. The van der Waals surface area contributed by atoms with Gasteiger partial charge in [0.1, 0.15) is 5.75 Å². The average Bonchev–Trinajstić information content (AvgIpc) is 2.44. The lowest BCUT2D eigenvalue weighted by Crippen LogP contribution is -2.43. The van der Waals surface area contributed by atoms with Crippen LogP contribution in [-0.2, 0) is 0 Å². The van der Waals surface area contributed by atoms with Crippen LogP contribution in [-0.4, -0.2) is 31.1 Å². The van der Waals surface area contributed by atoms with E-state index in [1.165, 1.54) is 6.42 Å². The van der Waals surface area contributed by atoms with Crippen LogP contribution in [0, 0.1) is 5.92 Å². The van der Waals surface area contributed by atoms with Gasteiger partial charge in [0.2, 0.25) is 0 Å². The molecule has 3 unspecified atom stereocenters. The average molecular weight is 278 g/mol. The lowest BCUT2D eigenvalue weighted by atomic mass is 9.97. The molecule has 1 aromatic carbocycles. The van der Waals surface area contributed by atoms with Crippen LogP contribution in [0.15, 0.2) is 24.3 Å². The minimum absolute atomic E-state index is 0.0144. The fraction of sp³-hybridized carbons (Fsp3) is 0.647. The van der Waals surface area contributed by atoms with Gasteiger partial charge in [0, 0.05) is 18.1 Å². The van der Waals surface area contributed by atoms with E-state index >= 15 is 0 Å². The molecule has 0 bridgehead atoms. The van der Waals surface area contributed by atoms with Crippen molar-refractivity contribution in [2.75, 3.05) is 14.2 Å². The second-order valence-corrected chi connectivity index (χ2v) is 6.18. The highest BCUT2D eigenvalue weighted by Gasteiger charge is 2.23. The van der Waals surface area contributed by atoms with Gasteiger partial charge in [-0.2, -0.15) is 0 Å². The number of methoxy groups -OCH3 is 1. The van der Waals surface area contributed by atoms with E-state index in [-0.39, 0.29) is 6.04 Å². The summed E-state index contributed by atoms with van der Waals surface area (Å²) in [6.07, 6.45) is 1.19. The normalized spacial score (nSPS) is 16.2. The predicted octanol–water partition coefficient (Wildman–Crippen LogP) is 3.45. The second-order valence-electron chi connectivity index (χ2n) is 6.18. The largest absolute Gasteiger partial charge is 0.497 e. The lowest BCUT2D eigenvalue weighted by molar-refractivity contribution is 0.155. The number of likely N-dealkylation sites (N-methyl/N-ethyl adjacent to an activating group) is 1. The van der Waals surface area contributed by atoms with Crippen molar-refractivity contribution >= 4 is 0 Å². The molecule has 0 spiro atoms. The quantitative estimate of drug-likeness (QED) is 0.830. The van der Waals surface area contributed by atoms with Gasteiger partial charge in [-0.3, -0.25) is 4.90 Å². The summed E-state index contributed by atoms with van der Waals surface area (Å²) in [6.45, 7) is 9.00. The standard InChI is InChI=1S/C17H30N2O/c1-12(2)11-13(3)19(5)14(4)17(18)15-7-9-16(20-6)10-8-15/h7-10,12-14,17H,11,18H2,1-6H3. The minimum atomic E-state index is 0.0144. The highest BCUT2D eigenvalue weighted by molar-refractivity contribution is 5.29. The summed E-state index contributed by atoms with van der Waals surface area (Å²) in [5, 5.41) is 0. The number of hydrogen-bond donors (Lipinski definition) is 1. The first-order valence-corrected chi connectivity index (χ1v) is 7.48. The molecule has 0 saturated carbocycles. The molecule has 0 fully saturated rings. The van der Waals surface area contributed by atoms with Gasteiger partial charge in [-0.05, 0) is 50.9 Å².